The van der Waals surface area contributed by atoms with Crippen LogP contribution in [0.2, 0.25) is 0 Å². The molecule has 0 saturated carbocycles. The topological polar surface area (TPSA) is 50.1 Å². The standard InChI is InChI=1S/C13H14BrNO2/c1-2-17-13(16)8-5-11(9-15)10-3-6-12(14)7-4-10/h3-4,6-7,11H,2,5,8H2,1H3. The van der Waals surface area contributed by atoms with Crippen LogP contribution in [0.25, 0.3) is 0 Å². The summed E-state index contributed by atoms with van der Waals surface area (Å²) < 4.78 is 5.81. The smallest absolute Gasteiger partial charge is 0.305 e. The van der Waals surface area contributed by atoms with Crippen LogP contribution in [0.5, 0.6) is 0 Å². The highest BCUT2D eigenvalue weighted by atomic mass is 79.9. The summed E-state index contributed by atoms with van der Waals surface area (Å²) in [7, 11) is 0. The summed E-state index contributed by atoms with van der Waals surface area (Å²) in [6.45, 7) is 2.16. The van der Waals surface area contributed by atoms with E-state index in [1.54, 1.807) is 6.92 Å². The molecule has 1 aromatic carbocycles. The molecular formula is C13H14BrNO2. The molecule has 1 aromatic rings. The highest BCUT2D eigenvalue weighted by Gasteiger charge is 2.13. The molecule has 0 aliphatic heterocycles. The van der Waals surface area contributed by atoms with Crippen LogP contribution in [0.4, 0.5) is 0 Å². The Hall–Kier alpha value is -1.34. The van der Waals surface area contributed by atoms with Crippen molar-refractivity contribution in [2.45, 2.75) is 25.7 Å². The molecule has 0 fully saturated rings. The lowest BCUT2D eigenvalue weighted by molar-refractivity contribution is -0.143. The van der Waals surface area contributed by atoms with Crippen LogP contribution in [0, 0.1) is 11.3 Å². The Morgan fingerprint density at radius 2 is 2.12 bits per heavy atom. The number of hydrogen-bond donors (Lipinski definition) is 0. The number of carbonyl (C=O) groups is 1. The maximum Gasteiger partial charge on any atom is 0.305 e. The van der Waals surface area contributed by atoms with Gasteiger partial charge in [-0.2, -0.15) is 5.26 Å². The molecule has 4 heteroatoms. The van der Waals surface area contributed by atoms with Crippen LogP contribution in [-0.2, 0) is 9.53 Å². The number of halogens is 1. The third kappa shape index (κ3) is 4.58. The Bertz CT molecular complexity index is 408. The van der Waals surface area contributed by atoms with Crippen molar-refractivity contribution in [3.8, 4) is 6.07 Å². The van der Waals surface area contributed by atoms with E-state index in [4.69, 9.17) is 10.00 Å². The number of rotatable bonds is 5. The van der Waals surface area contributed by atoms with E-state index in [0.717, 1.165) is 10.0 Å². The first kappa shape index (κ1) is 13.7. The summed E-state index contributed by atoms with van der Waals surface area (Å²) in [5.74, 6) is -0.502. The fourth-order valence-electron chi connectivity index (χ4n) is 1.50. The third-order valence-electron chi connectivity index (χ3n) is 2.37. The predicted octanol–water partition coefficient (Wildman–Crippen LogP) is 3.40. The molecule has 3 nitrogen and oxygen atoms in total. The summed E-state index contributed by atoms with van der Waals surface area (Å²) >= 11 is 3.34. The van der Waals surface area contributed by atoms with Crippen molar-refractivity contribution < 1.29 is 9.53 Å². The Kier molecular flexibility index (Phi) is 5.71. The van der Waals surface area contributed by atoms with Gasteiger partial charge < -0.3 is 4.74 Å². The Morgan fingerprint density at radius 3 is 2.65 bits per heavy atom. The van der Waals surface area contributed by atoms with Gasteiger partial charge in [0.05, 0.1) is 18.6 Å². The Balaban J connectivity index is 2.58. The fourth-order valence-corrected chi connectivity index (χ4v) is 1.76. The first-order valence-electron chi connectivity index (χ1n) is 5.48. The van der Waals surface area contributed by atoms with Gasteiger partial charge in [-0.1, -0.05) is 28.1 Å². The highest BCUT2D eigenvalue weighted by Crippen LogP contribution is 2.22. The van der Waals surface area contributed by atoms with Gasteiger partial charge in [-0.3, -0.25) is 4.79 Å². The lowest BCUT2D eigenvalue weighted by Crippen LogP contribution is -2.06. The predicted molar refractivity (Wildman–Crippen MR) is 68.4 cm³/mol. The lowest BCUT2D eigenvalue weighted by atomic mass is 9.96. The molecule has 0 aromatic heterocycles. The number of esters is 1. The van der Waals surface area contributed by atoms with Crippen LogP contribution in [0.1, 0.15) is 31.2 Å². The number of benzene rings is 1. The van der Waals surface area contributed by atoms with E-state index in [1.165, 1.54) is 0 Å². The molecule has 0 aliphatic rings. The molecule has 0 N–H and O–H groups in total. The van der Waals surface area contributed by atoms with E-state index in [-0.39, 0.29) is 18.3 Å². The van der Waals surface area contributed by atoms with Crippen molar-refractivity contribution in [2.24, 2.45) is 0 Å². The SMILES string of the molecule is CCOC(=O)CCC(C#N)c1ccc(Br)cc1. The number of nitriles is 1. The maximum absolute atomic E-state index is 11.2. The van der Waals surface area contributed by atoms with E-state index in [1.807, 2.05) is 24.3 Å². The van der Waals surface area contributed by atoms with Gasteiger partial charge in [-0.15, -0.1) is 0 Å². The minimum Gasteiger partial charge on any atom is -0.466 e. The van der Waals surface area contributed by atoms with E-state index >= 15 is 0 Å². The average Bonchev–Trinajstić information content (AvgIpc) is 2.32. The van der Waals surface area contributed by atoms with Crippen LogP contribution in [0.15, 0.2) is 28.7 Å². The van der Waals surface area contributed by atoms with Crippen molar-refractivity contribution in [3.05, 3.63) is 34.3 Å². The maximum atomic E-state index is 11.2. The molecular weight excluding hydrogens is 282 g/mol. The molecule has 0 radical (unpaired) electrons. The van der Waals surface area contributed by atoms with Gasteiger partial charge in [0.15, 0.2) is 0 Å². The summed E-state index contributed by atoms with van der Waals surface area (Å²) in [5.41, 5.74) is 0.931. The molecule has 90 valence electrons. The summed E-state index contributed by atoms with van der Waals surface area (Å²) in [6, 6.07) is 9.78. The zero-order valence-corrected chi connectivity index (χ0v) is 11.2. The van der Waals surface area contributed by atoms with Crippen molar-refractivity contribution in [3.63, 3.8) is 0 Å². The first-order valence-corrected chi connectivity index (χ1v) is 6.27. The molecule has 0 saturated heterocycles. The van der Waals surface area contributed by atoms with Gasteiger partial charge in [0, 0.05) is 10.9 Å². The van der Waals surface area contributed by atoms with E-state index in [2.05, 4.69) is 22.0 Å². The summed E-state index contributed by atoms with van der Waals surface area (Å²) in [6.07, 6.45) is 0.777. The zero-order valence-electron chi connectivity index (χ0n) is 9.65. The molecule has 1 unspecified atom stereocenters. The first-order chi connectivity index (χ1) is 8.17. The van der Waals surface area contributed by atoms with Gasteiger partial charge in [0.25, 0.3) is 0 Å². The van der Waals surface area contributed by atoms with Gasteiger partial charge >= 0.3 is 5.97 Å². The monoisotopic (exact) mass is 295 g/mol. The zero-order chi connectivity index (χ0) is 12.7. The van der Waals surface area contributed by atoms with Gasteiger partial charge in [0.1, 0.15) is 0 Å². The number of carbonyl (C=O) groups excluding carboxylic acids is 1. The number of hydrogen-bond acceptors (Lipinski definition) is 3. The van der Waals surface area contributed by atoms with E-state index < -0.39 is 0 Å². The van der Waals surface area contributed by atoms with E-state index in [0.29, 0.717) is 13.0 Å². The minimum atomic E-state index is -0.257. The van der Waals surface area contributed by atoms with E-state index in [9.17, 15) is 4.79 Å². The normalized spacial score (nSPS) is 11.6. The average molecular weight is 296 g/mol. The molecule has 0 aliphatic carbocycles. The molecule has 0 spiro atoms. The van der Waals surface area contributed by atoms with Crippen molar-refractivity contribution in [1.82, 2.24) is 0 Å². The summed E-state index contributed by atoms with van der Waals surface area (Å²) in [5, 5.41) is 9.08. The summed E-state index contributed by atoms with van der Waals surface area (Å²) in [4.78, 5) is 11.2. The van der Waals surface area contributed by atoms with Gasteiger partial charge in [0.2, 0.25) is 0 Å². The van der Waals surface area contributed by atoms with Crippen LogP contribution < -0.4 is 0 Å². The molecule has 0 bridgehead atoms. The number of ether oxygens (including phenoxy) is 1. The van der Waals surface area contributed by atoms with Crippen LogP contribution in [0.3, 0.4) is 0 Å². The second-order valence-electron chi connectivity index (χ2n) is 3.58. The fraction of sp³-hybridized carbons (Fsp3) is 0.385. The molecule has 1 rings (SSSR count). The van der Waals surface area contributed by atoms with Gasteiger partial charge in [-0.25, -0.2) is 0 Å². The minimum absolute atomic E-state index is 0.245. The van der Waals surface area contributed by atoms with Crippen LogP contribution in [-0.4, -0.2) is 12.6 Å². The number of nitrogens with zero attached hydrogens (tertiary/aromatic N) is 1. The van der Waals surface area contributed by atoms with Crippen molar-refractivity contribution in [2.75, 3.05) is 6.61 Å². The molecule has 1 atom stereocenters. The van der Waals surface area contributed by atoms with Gasteiger partial charge in [-0.05, 0) is 31.0 Å². The second kappa shape index (κ2) is 7.08. The molecule has 0 heterocycles. The van der Waals surface area contributed by atoms with Crippen LogP contribution >= 0.6 is 15.9 Å². The Labute approximate surface area is 110 Å². The largest absolute Gasteiger partial charge is 0.466 e. The lowest BCUT2D eigenvalue weighted by Gasteiger charge is -2.09. The van der Waals surface area contributed by atoms with Crippen molar-refractivity contribution in [1.29, 1.82) is 5.26 Å². The second-order valence-corrected chi connectivity index (χ2v) is 4.49. The highest BCUT2D eigenvalue weighted by molar-refractivity contribution is 9.10. The Morgan fingerprint density at radius 1 is 1.47 bits per heavy atom. The van der Waals surface area contributed by atoms with Crippen molar-refractivity contribution >= 4 is 21.9 Å². The third-order valence-corrected chi connectivity index (χ3v) is 2.90. The molecule has 0 amide bonds. The molecule has 17 heavy (non-hydrogen) atoms. The quantitative estimate of drug-likeness (QED) is 0.782.